The Hall–Kier alpha value is -1.85. The fraction of sp³-hybridized carbons (Fsp3) is 0.438. The van der Waals surface area contributed by atoms with Gasteiger partial charge in [0.25, 0.3) is 0 Å². The topological polar surface area (TPSA) is 46.5 Å². The van der Waals surface area contributed by atoms with Crippen LogP contribution in [-0.2, 0) is 16.1 Å². The van der Waals surface area contributed by atoms with E-state index in [0.29, 0.717) is 13.1 Å². The fourth-order valence-electron chi connectivity index (χ4n) is 2.67. The Morgan fingerprint density at radius 3 is 2.86 bits per heavy atom. The number of carbonyl (C=O) groups excluding carboxylic acids is 1. The molecule has 0 bridgehead atoms. The van der Waals surface area contributed by atoms with Crippen molar-refractivity contribution in [2.24, 2.45) is 0 Å². The molecule has 1 N–H and O–H groups in total. The lowest BCUT2D eigenvalue weighted by Crippen LogP contribution is -2.41. The van der Waals surface area contributed by atoms with Crippen LogP contribution in [0.3, 0.4) is 0 Å². The smallest absolute Gasteiger partial charge is 0.239 e. The maximum absolute atomic E-state index is 12.0. The molecule has 2 aromatic rings. The summed E-state index contributed by atoms with van der Waals surface area (Å²) in [4.78, 5) is 14.3. The van der Waals surface area contributed by atoms with Gasteiger partial charge in [-0.05, 0) is 17.5 Å². The van der Waals surface area contributed by atoms with Crippen molar-refractivity contribution in [1.82, 2.24) is 14.8 Å². The Morgan fingerprint density at radius 1 is 1.19 bits per heavy atom. The summed E-state index contributed by atoms with van der Waals surface area (Å²) in [5.74, 6) is 0.0598. The van der Waals surface area contributed by atoms with E-state index in [2.05, 4.69) is 16.3 Å². The normalized spacial score (nSPS) is 16.2. The van der Waals surface area contributed by atoms with Gasteiger partial charge in [0.05, 0.1) is 13.2 Å². The molecular weight excluding hydrogens is 266 g/mol. The molecule has 5 nitrogen and oxygen atoms in total. The van der Waals surface area contributed by atoms with Crippen molar-refractivity contribution in [2.45, 2.75) is 6.54 Å². The number of hydrogen-bond donors (Lipinski definition) is 1. The lowest BCUT2D eigenvalue weighted by atomic mass is 10.2. The highest BCUT2D eigenvalue weighted by Gasteiger charge is 2.10. The van der Waals surface area contributed by atoms with Crippen molar-refractivity contribution < 1.29 is 9.53 Å². The molecule has 0 saturated carbocycles. The summed E-state index contributed by atoms with van der Waals surface area (Å²) in [7, 11) is 0. The van der Waals surface area contributed by atoms with Crippen LogP contribution in [0.2, 0.25) is 0 Å². The molecule has 1 saturated heterocycles. The zero-order chi connectivity index (χ0) is 14.5. The highest BCUT2D eigenvalue weighted by Crippen LogP contribution is 2.14. The number of fused-ring (bicyclic) bond motifs is 1. The maximum Gasteiger partial charge on any atom is 0.239 e. The Labute approximate surface area is 124 Å². The van der Waals surface area contributed by atoms with Crippen LogP contribution in [0.4, 0.5) is 0 Å². The molecule has 5 heteroatoms. The van der Waals surface area contributed by atoms with Crippen molar-refractivity contribution in [2.75, 3.05) is 39.4 Å². The van der Waals surface area contributed by atoms with Gasteiger partial charge in [0, 0.05) is 37.9 Å². The van der Waals surface area contributed by atoms with Gasteiger partial charge in [0.1, 0.15) is 6.54 Å². The summed E-state index contributed by atoms with van der Waals surface area (Å²) < 4.78 is 7.29. The SMILES string of the molecule is O=C(Cn1ccc2ccccc21)NCCN1CCOCC1. The molecule has 0 atom stereocenters. The number of ether oxygens (including phenoxy) is 1. The second-order valence-corrected chi connectivity index (χ2v) is 5.31. The number of para-hydroxylation sites is 1. The lowest BCUT2D eigenvalue weighted by Gasteiger charge is -2.26. The first kappa shape index (κ1) is 14.1. The predicted molar refractivity (Wildman–Crippen MR) is 82.2 cm³/mol. The minimum Gasteiger partial charge on any atom is -0.379 e. The van der Waals surface area contributed by atoms with Crippen molar-refractivity contribution in [3.05, 3.63) is 36.5 Å². The number of carbonyl (C=O) groups is 1. The van der Waals surface area contributed by atoms with E-state index in [9.17, 15) is 4.79 Å². The Kier molecular flexibility index (Phi) is 4.52. The number of hydrogen-bond acceptors (Lipinski definition) is 3. The Balaban J connectivity index is 1.47. The van der Waals surface area contributed by atoms with Crippen LogP contribution < -0.4 is 5.32 Å². The molecular formula is C16H21N3O2. The van der Waals surface area contributed by atoms with E-state index in [1.165, 1.54) is 5.39 Å². The van der Waals surface area contributed by atoms with Crippen LogP contribution in [0, 0.1) is 0 Å². The molecule has 2 heterocycles. The summed E-state index contributed by atoms with van der Waals surface area (Å²) in [6.07, 6.45) is 1.96. The van der Waals surface area contributed by atoms with Crippen LogP contribution in [-0.4, -0.2) is 54.8 Å². The maximum atomic E-state index is 12.0. The van der Waals surface area contributed by atoms with Gasteiger partial charge in [-0.1, -0.05) is 18.2 Å². The average molecular weight is 287 g/mol. The summed E-state index contributed by atoms with van der Waals surface area (Å²) >= 11 is 0. The summed E-state index contributed by atoms with van der Waals surface area (Å²) in [5.41, 5.74) is 1.10. The van der Waals surface area contributed by atoms with E-state index in [-0.39, 0.29) is 5.91 Å². The van der Waals surface area contributed by atoms with Crippen LogP contribution in [0.1, 0.15) is 0 Å². The van der Waals surface area contributed by atoms with Crippen LogP contribution >= 0.6 is 0 Å². The van der Waals surface area contributed by atoms with Crippen molar-refractivity contribution in [1.29, 1.82) is 0 Å². The molecule has 1 fully saturated rings. The molecule has 1 aliphatic heterocycles. The molecule has 1 aromatic carbocycles. The number of morpholine rings is 1. The molecule has 1 aliphatic rings. The van der Waals surface area contributed by atoms with E-state index in [4.69, 9.17) is 4.74 Å². The van der Waals surface area contributed by atoms with E-state index in [1.807, 2.05) is 35.0 Å². The molecule has 21 heavy (non-hydrogen) atoms. The molecule has 0 radical (unpaired) electrons. The molecule has 112 valence electrons. The minimum atomic E-state index is 0.0598. The van der Waals surface area contributed by atoms with E-state index >= 15 is 0 Å². The van der Waals surface area contributed by atoms with Crippen molar-refractivity contribution >= 4 is 16.8 Å². The summed E-state index contributed by atoms with van der Waals surface area (Å²) in [6, 6.07) is 10.1. The van der Waals surface area contributed by atoms with E-state index in [1.54, 1.807) is 0 Å². The minimum absolute atomic E-state index is 0.0598. The van der Waals surface area contributed by atoms with Gasteiger partial charge in [-0.25, -0.2) is 0 Å². The number of amides is 1. The van der Waals surface area contributed by atoms with Gasteiger partial charge >= 0.3 is 0 Å². The monoisotopic (exact) mass is 287 g/mol. The molecule has 0 spiro atoms. The molecule has 0 aliphatic carbocycles. The molecule has 1 amide bonds. The van der Waals surface area contributed by atoms with Gasteiger partial charge in [-0.3, -0.25) is 9.69 Å². The second-order valence-electron chi connectivity index (χ2n) is 5.31. The lowest BCUT2D eigenvalue weighted by molar-refractivity contribution is -0.121. The van der Waals surface area contributed by atoms with Crippen LogP contribution in [0.5, 0.6) is 0 Å². The van der Waals surface area contributed by atoms with Gasteiger partial charge in [0.15, 0.2) is 0 Å². The highest BCUT2D eigenvalue weighted by molar-refractivity contribution is 5.83. The van der Waals surface area contributed by atoms with E-state index in [0.717, 1.165) is 38.4 Å². The molecule has 1 aromatic heterocycles. The zero-order valence-corrected chi connectivity index (χ0v) is 12.1. The summed E-state index contributed by atoms with van der Waals surface area (Å²) in [5, 5.41) is 4.16. The van der Waals surface area contributed by atoms with E-state index < -0.39 is 0 Å². The fourth-order valence-corrected chi connectivity index (χ4v) is 2.67. The first-order valence-electron chi connectivity index (χ1n) is 7.43. The molecule has 3 rings (SSSR count). The number of nitrogens with one attached hydrogen (secondary N) is 1. The number of nitrogens with zero attached hydrogens (tertiary/aromatic N) is 2. The second kappa shape index (κ2) is 6.74. The largest absolute Gasteiger partial charge is 0.379 e. The van der Waals surface area contributed by atoms with Gasteiger partial charge in [0.2, 0.25) is 5.91 Å². The quantitative estimate of drug-likeness (QED) is 0.895. The number of aromatic nitrogens is 1. The van der Waals surface area contributed by atoms with Gasteiger partial charge in [-0.2, -0.15) is 0 Å². The van der Waals surface area contributed by atoms with Crippen LogP contribution in [0.15, 0.2) is 36.5 Å². The summed E-state index contributed by atoms with van der Waals surface area (Å²) in [6.45, 7) is 5.46. The van der Waals surface area contributed by atoms with Gasteiger partial charge < -0.3 is 14.6 Å². The number of rotatable bonds is 5. The first-order chi connectivity index (χ1) is 10.3. The molecule has 0 unspecified atom stereocenters. The van der Waals surface area contributed by atoms with Crippen LogP contribution in [0.25, 0.3) is 10.9 Å². The third-order valence-corrected chi connectivity index (χ3v) is 3.85. The average Bonchev–Trinajstić information content (AvgIpc) is 2.92. The first-order valence-corrected chi connectivity index (χ1v) is 7.43. The number of benzene rings is 1. The van der Waals surface area contributed by atoms with Crippen molar-refractivity contribution in [3.63, 3.8) is 0 Å². The Morgan fingerprint density at radius 2 is 2.00 bits per heavy atom. The Bertz CT molecular complexity index is 602. The highest BCUT2D eigenvalue weighted by atomic mass is 16.5. The third-order valence-electron chi connectivity index (χ3n) is 3.85. The van der Waals surface area contributed by atoms with Gasteiger partial charge in [-0.15, -0.1) is 0 Å². The standard InChI is InChI=1S/C16H21N3O2/c20-16(17-6-8-18-9-11-21-12-10-18)13-19-7-5-14-3-1-2-4-15(14)19/h1-5,7H,6,8-13H2,(H,17,20). The third kappa shape index (κ3) is 3.62. The van der Waals surface area contributed by atoms with Crippen molar-refractivity contribution in [3.8, 4) is 0 Å². The zero-order valence-electron chi connectivity index (χ0n) is 12.1. The predicted octanol–water partition coefficient (Wildman–Crippen LogP) is 1.09.